The Bertz CT molecular complexity index is 621. The Morgan fingerprint density at radius 1 is 1.35 bits per heavy atom. The van der Waals surface area contributed by atoms with Gasteiger partial charge in [-0.15, -0.1) is 0 Å². The topological polar surface area (TPSA) is 50.1 Å². The van der Waals surface area contributed by atoms with Gasteiger partial charge in [0.25, 0.3) is 0 Å². The first-order valence-corrected chi connectivity index (χ1v) is 6.44. The fourth-order valence-electron chi connectivity index (χ4n) is 1.91. The lowest BCUT2D eigenvalue weighted by Gasteiger charge is -2.12. The van der Waals surface area contributed by atoms with E-state index in [1.165, 1.54) is 0 Å². The van der Waals surface area contributed by atoms with E-state index in [9.17, 15) is 9.18 Å². The number of aryl methyl sites for hydroxylation is 1. The number of nitrogens with zero attached hydrogens (tertiary/aromatic N) is 1. The summed E-state index contributed by atoms with van der Waals surface area (Å²) in [5, 5.41) is 8.67. The molecule has 0 unspecified atom stereocenters. The Hall–Kier alpha value is -2.41. The van der Waals surface area contributed by atoms with Crippen molar-refractivity contribution in [3.63, 3.8) is 0 Å². The van der Waals surface area contributed by atoms with E-state index in [1.54, 1.807) is 18.2 Å². The van der Waals surface area contributed by atoms with E-state index in [-0.39, 0.29) is 17.8 Å². The molecule has 0 saturated heterocycles. The Balaban J connectivity index is 2.09. The van der Waals surface area contributed by atoms with Gasteiger partial charge in [0.2, 0.25) is 0 Å². The summed E-state index contributed by atoms with van der Waals surface area (Å²) in [6.45, 7) is 2.03. The molecule has 1 aliphatic carbocycles. The SMILES string of the molecule is CCc1ccc(C(=O)OC2=CC(F)=C(C#N)CC2)cc1. The van der Waals surface area contributed by atoms with Gasteiger partial charge in [-0.2, -0.15) is 5.26 Å². The van der Waals surface area contributed by atoms with Gasteiger partial charge >= 0.3 is 5.97 Å². The first-order valence-electron chi connectivity index (χ1n) is 6.44. The molecule has 0 fully saturated rings. The van der Waals surface area contributed by atoms with E-state index in [2.05, 4.69) is 0 Å². The summed E-state index contributed by atoms with van der Waals surface area (Å²) >= 11 is 0. The summed E-state index contributed by atoms with van der Waals surface area (Å²) in [7, 11) is 0. The van der Waals surface area contributed by atoms with Crippen molar-refractivity contribution < 1.29 is 13.9 Å². The van der Waals surface area contributed by atoms with Crippen LogP contribution < -0.4 is 0 Å². The molecule has 0 aromatic heterocycles. The maximum Gasteiger partial charge on any atom is 0.343 e. The molecule has 0 saturated carbocycles. The smallest absolute Gasteiger partial charge is 0.343 e. The molecular weight excluding hydrogens is 257 g/mol. The Labute approximate surface area is 117 Å². The highest BCUT2D eigenvalue weighted by Gasteiger charge is 2.17. The molecular formula is C16H14FNO2. The number of hydrogen-bond donors (Lipinski definition) is 0. The van der Waals surface area contributed by atoms with E-state index in [1.807, 2.05) is 19.1 Å². The predicted octanol–water partition coefficient (Wildman–Crippen LogP) is 3.83. The zero-order chi connectivity index (χ0) is 14.5. The van der Waals surface area contributed by atoms with E-state index in [0.717, 1.165) is 18.1 Å². The van der Waals surface area contributed by atoms with Crippen molar-refractivity contribution >= 4 is 5.97 Å². The van der Waals surface area contributed by atoms with Crippen LogP contribution in [0.25, 0.3) is 0 Å². The maximum absolute atomic E-state index is 13.4. The van der Waals surface area contributed by atoms with Crippen molar-refractivity contribution in [3.05, 3.63) is 58.6 Å². The number of carbonyl (C=O) groups is 1. The average molecular weight is 271 g/mol. The summed E-state index contributed by atoms with van der Waals surface area (Å²) in [4.78, 5) is 11.9. The molecule has 3 nitrogen and oxygen atoms in total. The van der Waals surface area contributed by atoms with Crippen LogP contribution in [0.2, 0.25) is 0 Å². The van der Waals surface area contributed by atoms with E-state index in [0.29, 0.717) is 12.0 Å². The third kappa shape index (κ3) is 3.12. The van der Waals surface area contributed by atoms with Gasteiger partial charge in [0, 0.05) is 12.5 Å². The van der Waals surface area contributed by atoms with Gasteiger partial charge in [0.05, 0.1) is 17.2 Å². The number of nitriles is 1. The highest BCUT2D eigenvalue weighted by molar-refractivity contribution is 5.90. The molecule has 0 aliphatic heterocycles. The van der Waals surface area contributed by atoms with Crippen LogP contribution in [0.15, 0.2) is 47.5 Å². The molecule has 0 amide bonds. The van der Waals surface area contributed by atoms with Gasteiger partial charge in [-0.3, -0.25) is 0 Å². The lowest BCUT2D eigenvalue weighted by molar-refractivity contribution is 0.0612. The van der Waals surface area contributed by atoms with Gasteiger partial charge in [0.1, 0.15) is 11.6 Å². The quantitative estimate of drug-likeness (QED) is 0.785. The number of ether oxygens (including phenoxy) is 1. The highest BCUT2D eigenvalue weighted by Crippen LogP contribution is 2.25. The Kier molecular flexibility index (Phi) is 4.31. The van der Waals surface area contributed by atoms with Crippen molar-refractivity contribution in [1.82, 2.24) is 0 Å². The van der Waals surface area contributed by atoms with Crippen molar-refractivity contribution in [2.75, 3.05) is 0 Å². The summed E-state index contributed by atoms with van der Waals surface area (Å²) < 4.78 is 18.6. The average Bonchev–Trinajstić information content (AvgIpc) is 2.47. The lowest BCUT2D eigenvalue weighted by atomic mass is 10.0. The van der Waals surface area contributed by atoms with E-state index in [4.69, 9.17) is 10.00 Å². The maximum atomic E-state index is 13.4. The Morgan fingerprint density at radius 3 is 2.60 bits per heavy atom. The number of carbonyl (C=O) groups excluding carboxylic acids is 1. The van der Waals surface area contributed by atoms with Gasteiger partial charge in [-0.05, 0) is 30.5 Å². The van der Waals surface area contributed by atoms with Crippen molar-refractivity contribution in [1.29, 1.82) is 5.26 Å². The molecule has 1 aromatic carbocycles. The summed E-state index contributed by atoms with van der Waals surface area (Å²) in [6.07, 6.45) is 2.62. The molecule has 0 spiro atoms. The number of esters is 1. The molecule has 2 rings (SSSR count). The zero-order valence-corrected chi connectivity index (χ0v) is 11.1. The van der Waals surface area contributed by atoms with Crippen LogP contribution in [0.1, 0.15) is 35.7 Å². The molecule has 0 N–H and O–H groups in total. The highest BCUT2D eigenvalue weighted by atomic mass is 19.1. The fourth-order valence-corrected chi connectivity index (χ4v) is 1.91. The van der Waals surface area contributed by atoms with Gasteiger partial charge in [0.15, 0.2) is 0 Å². The van der Waals surface area contributed by atoms with Gasteiger partial charge in [-0.1, -0.05) is 19.1 Å². The third-order valence-corrected chi connectivity index (χ3v) is 3.15. The normalized spacial score (nSPS) is 14.6. The molecule has 0 atom stereocenters. The fraction of sp³-hybridized carbons (Fsp3) is 0.250. The molecule has 0 heterocycles. The molecule has 1 aromatic rings. The second-order valence-electron chi connectivity index (χ2n) is 4.49. The van der Waals surface area contributed by atoms with Gasteiger partial charge < -0.3 is 4.74 Å². The van der Waals surface area contributed by atoms with Gasteiger partial charge in [-0.25, -0.2) is 9.18 Å². The molecule has 0 radical (unpaired) electrons. The van der Waals surface area contributed by atoms with Crippen molar-refractivity contribution in [2.24, 2.45) is 0 Å². The minimum Gasteiger partial charge on any atom is -0.427 e. The van der Waals surface area contributed by atoms with Crippen LogP contribution in [0.4, 0.5) is 4.39 Å². The Morgan fingerprint density at radius 2 is 2.05 bits per heavy atom. The predicted molar refractivity (Wildman–Crippen MR) is 72.3 cm³/mol. The van der Waals surface area contributed by atoms with Crippen LogP contribution in [0.5, 0.6) is 0 Å². The second-order valence-corrected chi connectivity index (χ2v) is 4.49. The van der Waals surface area contributed by atoms with Crippen LogP contribution in [-0.4, -0.2) is 5.97 Å². The minimum atomic E-state index is -0.622. The molecule has 20 heavy (non-hydrogen) atoms. The van der Waals surface area contributed by atoms with Crippen molar-refractivity contribution in [2.45, 2.75) is 26.2 Å². The molecule has 0 bridgehead atoms. The van der Waals surface area contributed by atoms with Crippen LogP contribution in [0.3, 0.4) is 0 Å². The van der Waals surface area contributed by atoms with E-state index >= 15 is 0 Å². The molecule has 102 valence electrons. The van der Waals surface area contributed by atoms with E-state index < -0.39 is 11.8 Å². The lowest BCUT2D eigenvalue weighted by Crippen LogP contribution is -2.07. The minimum absolute atomic E-state index is 0.0945. The van der Waals surface area contributed by atoms with Crippen molar-refractivity contribution in [3.8, 4) is 6.07 Å². The van der Waals surface area contributed by atoms with Crippen LogP contribution in [0, 0.1) is 11.3 Å². The third-order valence-electron chi connectivity index (χ3n) is 3.15. The largest absolute Gasteiger partial charge is 0.427 e. The summed E-state index contributed by atoms with van der Waals surface area (Å²) in [5.41, 5.74) is 1.65. The zero-order valence-electron chi connectivity index (χ0n) is 11.1. The van der Waals surface area contributed by atoms with Crippen LogP contribution >= 0.6 is 0 Å². The number of rotatable bonds is 3. The number of benzene rings is 1. The second kappa shape index (κ2) is 6.16. The number of hydrogen-bond acceptors (Lipinski definition) is 3. The monoisotopic (exact) mass is 271 g/mol. The number of allylic oxidation sites excluding steroid dienone is 4. The summed E-state index contributed by atoms with van der Waals surface area (Å²) in [6, 6.07) is 8.90. The first kappa shape index (κ1) is 14.0. The first-order chi connectivity index (χ1) is 9.63. The standard InChI is InChI=1S/C16H14FNO2/c1-2-11-3-5-12(6-4-11)16(19)20-14-8-7-13(10-18)15(17)9-14/h3-6,9H,2,7-8H2,1H3. The summed E-state index contributed by atoms with van der Waals surface area (Å²) in [5.74, 6) is -0.874. The molecule has 4 heteroatoms. The molecule has 1 aliphatic rings. The van der Waals surface area contributed by atoms with Crippen LogP contribution in [-0.2, 0) is 11.2 Å². The number of halogens is 1.